The van der Waals surface area contributed by atoms with E-state index in [0.717, 1.165) is 23.8 Å². The highest BCUT2D eigenvalue weighted by Crippen LogP contribution is 2.24. The van der Waals surface area contributed by atoms with Crippen molar-refractivity contribution in [3.8, 4) is 0 Å². The first-order valence-electron chi connectivity index (χ1n) is 4.68. The fourth-order valence-electron chi connectivity index (χ4n) is 1.76. The van der Waals surface area contributed by atoms with Gasteiger partial charge in [0, 0.05) is 22.8 Å². The number of hydrogen-bond acceptors (Lipinski definition) is 2. The smallest absolute Gasteiger partial charge is 0.0450 e. The van der Waals surface area contributed by atoms with Crippen LogP contribution in [0, 0.1) is 0 Å². The van der Waals surface area contributed by atoms with Crippen molar-refractivity contribution in [1.29, 1.82) is 0 Å². The molecule has 0 aromatic carbocycles. The standard InChI is InChI=1S/C10H13ClN2/c11-9-3-6-13-10(7-9)8-1-4-12-5-2-8/h3,6-8,12H,1-2,4-5H2. The summed E-state index contributed by atoms with van der Waals surface area (Å²) in [5.41, 5.74) is 1.15. The zero-order chi connectivity index (χ0) is 9.10. The van der Waals surface area contributed by atoms with Crippen LogP contribution in [0.1, 0.15) is 24.5 Å². The van der Waals surface area contributed by atoms with Crippen LogP contribution in [-0.2, 0) is 0 Å². The van der Waals surface area contributed by atoms with E-state index in [1.165, 1.54) is 12.8 Å². The Morgan fingerprint density at radius 2 is 2.15 bits per heavy atom. The number of hydrogen-bond donors (Lipinski definition) is 1. The molecule has 3 heteroatoms. The van der Waals surface area contributed by atoms with Crippen LogP contribution in [0.3, 0.4) is 0 Å². The van der Waals surface area contributed by atoms with E-state index in [-0.39, 0.29) is 0 Å². The second kappa shape index (κ2) is 4.07. The lowest BCUT2D eigenvalue weighted by Crippen LogP contribution is -2.26. The molecule has 0 radical (unpaired) electrons. The Hall–Kier alpha value is -0.600. The molecule has 2 nitrogen and oxygen atoms in total. The molecule has 1 aromatic heterocycles. The van der Waals surface area contributed by atoms with Crippen molar-refractivity contribution in [2.24, 2.45) is 0 Å². The molecule has 0 aliphatic carbocycles. The molecule has 70 valence electrons. The fourth-order valence-corrected chi connectivity index (χ4v) is 1.93. The second-order valence-electron chi connectivity index (χ2n) is 3.42. The van der Waals surface area contributed by atoms with Gasteiger partial charge < -0.3 is 5.32 Å². The molecule has 0 unspecified atom stereocenters. The van der Waals surface area contributed by atoms with Crippen molar-refractivity contribution in [2.45, 2.75) is 18.8 Å². The summed E-state index contributed by atoms with van der Waals surface area (Å²) < 4.78 is 0. The molecule has 1 saturated heterocycles. The van der Waals surface area contributed by atoms with E-state index in [1.807, 2.05) is 12.1 Å². The maximum atomic E-state index is 5.91. The van der Waals surface area contributed by atoms with E-state index in [4.69, 9.17) is 11.6 Å². The summed E-state index contributed by atoms with van der Waals surface area (Å²) in [7, 11) is 0. The van der Waals surface area contributed by atoms with Gasteiger partial charge >= 0.3 is 0 Å². The van der Waals surface area contributed by atoms with Gasteiger partial charge in [-0.05, 0) is 38.1 Å². The van der Waals surface area contributed by atoms with Crippen molar-refractivity contribution in [3.05, 3.63) is 29.0 Å². The van der Waals surface area contributed by atoms with Gasteiger partial charge in [-0.2, -0.15) is 0 Å². The summed E-state index contributed by atoms with van der Waals surface area (Å²) in [6.45, 7) is 2.19. The summed E-state index contributed by atoms with van der Waals surface area (Å²) in [6.07, 6.45) is 4.14. The predicted molar refractivity (Wildman–Crippen MR) is 54.1 cm³/mol. The van der Waals surface area contributed by atoms with Crippen LogP contribution in [0.4, 0.5) is 0 Å². The maximum absolute atomic E-state index is 5.91. The molecule has 0 bridgehead atoms. The molecular weight excluding hydrogens is 184 g/mol. The lowest BCUT2D eigenvalue weighted by atomic mass is 9.94. The monoisotopic (exact) mass is 196 g/mol. The van der Waals surface area contributed by atoms with Gasteiger partial charge in [0.15, 0.2) is 0 Å². The number of halogens is 1. The predicted octanol–water partition coefficient (Wildman–Crippen LogP) is 2.20. The van der Waals surface area contributed by atoms with Crippen molar-refractivity contribution in [1.82, 2.24) is 10.3 Å². The summed E-state index contributed by atoms with van der Waals surface area (Å²) in [4.78, 5) is 4.35. The number of nitrogens with one attached hydrogen (secondary N) is 1. The Kier molecular flexibility index (Phi) is 2.81. The minimum absolute atomic E-state index is 0.597. The Balaban J connectivity index is 2.14. The molecule has 1 N–H and O–H groups in total. The van der Waals surface area contributed by atoms with Crippen molar-refractivity contribution >= 4 is 11.6 Å². The van der Waals surface area contributed by atoms with Crippen LogP contribution in [0.5, 0.6) is 0 Å². The average Bonchev–Trinajstić information content (AvgIpc) is 2.19. The van der Waals surface area contributed by atoms with Crippen LogP contribution in [0.2, 0.25) is 5.02 Å². The molecule has 0 amide bonds. The lowest BCUT2D eigenvalue weighted by molar-refractivity contribution is 0.453. The van der Waals surface area contributed by atoms with Gasteiger partial charge in [-0.3, -0.25) is 4.98 Å². The molecule has 0 saturated carbocycles. The fraction of sp³-hybridized carbons (Fsp3) is 0.500. The van der Waals surface area contributed by atoms with Gasteiger partial charge in [-0.15, -0.1) is 0 Å². The Labute approximate surface area is 83.3 Å². The van der Waals surface area contributed by atoms with Crippen molar-refractivity contribution < 1.29 is 0 Å². The van der Waals surface area contributed by atoms with Gasteiger partial charge in [-0.25, -0.2) is 0 Å². The van der Waals surface area contributed by atoms with E-state index >= 15 is 0 Å². The first kappa shape index (κ1) is 8.97. The molecule has 1 aliphatic heterocycles. The minimum Gasteiger partial charge on any atom is -0.317 e. The van der Waals surface area contributed by atoms with E-state index < -0.39 is 0 Å². The highest BCUT2D eigenvalue weighted by molar-refractivity contribution is 6.30. The first-order chi connectivity index (χ1) is 6.36. The average molecular weight is 197 g/mol. The zero-order valence-electron chi connectivity index (χ0n) is 7.46. The van der Waals surface area contributed by atoms with Gasteiger partial charge in [0.1, 0.15) is 0 Å². The molecular formula is C10H13ClN2. The minimum atomic E-state index is 0.597. The van der Waals surface area contributed by atoms with Gasteiger partial charge in [0.2, 0.25) is 0 Å². The third kappa shape index (κ3) is 2.20. The maximum Gasteiger partial charge on any atom is 0.0450 e. The number of piperidine rings is 1. The highest BCUT2D eigenvalue weighted by Gasteiger charge is 2.15. The van der Waals surface area contributed by atoms with Crippen LogP contribution in [-0.4, -0.2) is 18.1 Å². The van der Waals surface area contributed by atoms with Crippen molar-refractivity contribution in [2.75, 3.05) is 13.1 Å². The normalized spacial score (nSPS) is 18.8. The molecule has 2 heterocycles. The molecule has 1 aliphatic rings. The number of pyridine rings is 1. The quantitative estimate of drug-likeness (QED) is 0.745. The topological polar surface area (TPSA) is 24.9 Å². The summed E-state index contributed by atoms with van der Waals surface area (Å²) in [5, 5.41) is 4.13. The van der Waals surface area contributed by atoms with Crippen LogP contribution in [0.15, 0.2) is 18.3 Å². The molecule has 0 atom stereocenters. The molecule has 0 spiro atoms. The van der Waals surface area contributed by atoms with Crippen LogP contribution >= 0.6 is 11.6 Å². The second-order valence-corrected chi connectivity index (χ2v) is 3.86. The van der Waals surface area contributed by atoms with Gasteiger partial charge in [0.25, 0.3) is 0 Å². The van der Waals surface area contributed by atoms with Crippen LogP contribution in [0.25, 0.3) is 0 Å². The lowest BCUT2D eigenvalue weighted by Gasteiger charge is -2.21. The molecule has 2 rings (SSSR count). The Morgan fingerprint density at radius 1 is 1.38 bits per heavy atom. The zero-order valence-corrected chi connectivity index (χ0v) is 8.22. The van der Waals surface area contributed by atoms with E-state index in [9.17, 15) is 0 Å². The SMILES string of the molecule is Clc1ccnc(C2CCNCC2)c1. The van der Waals surface area contributed by atoms with E-state index in [0.29, 0.717) is 5.92 Å². The molecule has 1 aromatic rings. The molecule has 1 fully saturated rings. The Bertz CT molecular complexity index is 282. The van der Waals surface area contributed by atoms with E-state index in [2.05, 4.69) is 10.3 Å². The molecule has 13 heavy (non-hydrogen) atoms. The number of rotatable bonds is 1. The van der Waals surface area contributed by atoms with Crippen LogP contribution < -0.4 is 5.32 Å². The van der Waals surface area contributed by atoms with Crippen molar-refractivity contribution in [3.63, 3.8) is 0 Å². The Morgan fingerprint density at radius 3 is 2.85 bits per heavy atom. The van der Waals surface area contributed by atoms with Gasteiger partial charge in [0.05, 0.1) is 0 Å². The third-order valence-corrected chi connectivity index (χ3v) is 2.74. The summed E-state index contributed by atoms with van der Waals surface area (Å²) in [5.74, 6) is 0.597. The number of aromatic nitrogens is 1. The number of nitrogens with zero attached hydrogens (tertiary/aromatic N) is 1. The summed E-state index contributed by atoms with van der Waals surface area (Å²) in [6, 6.07) is 3.81. The largest absolute Gasteiger partial charge is 0.317 e. The summed E-state index contributed by atoms with van der Waals surface area (Å²) >= 11 is 5.91. The highest BCUT2D eigenvalue weighted by atomic mass is 35.5. The van der Waals surface area contributed by atoms with E-state index in [1.54, 1.807) is 6.20 Å². The van der Waals surface area contributed by atoms with Gasteiger partial charge in [-0.1, -0.05) is 11.6 Å². The third-order valence-electron chi connectivity index (χ3n) is 2.50. The first-order valence-corrected chi connectivity index (χ1v) is 5.06.